The fraction of sp³-hybridized carbons (Fsp3) is 1.00. The lowest BCUT2D eigenvalue weighted by molar-refractivity contribution is 0.0109. The monoisotopic (exact) mass is 225 g/mol. The zero-order valence-electron chi connectivity index (χ0n) is 11.2. The first-order chi connectivity index (χ1) is 7.57. The molecule has 2 heteroatoms. The van der Waals surface area contributed by atoms with Gasteiger partial charge in [-0.3, -0.25) is 0 Å². The SMILES string of the molecule is CC(C)(C)C1CCN(C2CCOCC2)CC1. The summed E-state index contributed by atoms with van der Waals surface area (Å²) in [5.74, 6) is 0.920. The normalized spacial score (nSPS) is 27.2. The number of hydrogen-bond acceptors (Lipinski definition) is 2. The van der Waals surface area contributed by atoms with E-state index in [-0.39, 0.29) is 0 Å². The van der Waals surface area contributed by atoms with Crippen molar-refractivity contribution in [1.29, 1.82) is 0 Å². The molecule has 0 aromatic rings. The Kier molecular flexibility index (Phi) is 3.91. The Labute approximate surface area is 100 Å². The van der Waals surface area contributed by atoms with Crippen molar-refractivity contribution < 1.29 is 4.74 Å². The Balaban J connectivity index is 1.80. The minimum Gasteiger partial charge on any atom is -0.381 e. The Bertz CT molecular complexity index is 207. The third kappa shape index (κ3) is 2.98. The third-order valence-corrected chi connectivity index (χ3v) is 4.46. The van der Waals surface area contributed by atoms with Crippen LogP contribution in [0.2, 0.25) is 0 Å². The molecule has 2 rings (SSSR count). The fourth-order valence-corrected chi connectivity index (χ4v) is 3.18. The van der Waals surface area contributed by atoms with Gasteiger partial charge in [-0.2, -0.15) is 0 Å². The van der Waals surface area contributed by atoms with Gasteiger partial charge in [0.2, 0.25) is 0 Å². The van der Waals surface area contributed by atoms with Crippen LogP contribution in [0.15, 0.2) is 0 Å². The number of hydrogen-bond donors (Lipinski definition) is 0. The van der Waals surface area contributed by atoms with Crippen LogP contribution in [0, 0.1) is 11.3 Å². The van der Waals surface area contributed by atoms with Gasteiger partial charge in [-0.1, -0.05) is 20.8 Å². The maximum absolute atomic E-state index is 5.44. The second-order valence-electron chi connectivity index (χ2n) is 6.52. The number of nitrogens with zero attached hydrogens (tertiary/aromatic N) is 1. The molecule has 0 amide bonds. The molecule has 2 aliphatic heterocycles. The fourth-order valence-electron chi connectivity index (χ4n) is 3.18. The van der Waals surface area contributed by atoms with E-state index in [9.17, 15) is 0 Å². The Hall–Kier alpha value is -0.0800. The van der Waals surface area contributed by atoms with Crippen molar-refractivity contribution in [3.05, 3.63) is 0 Å². The summed E-state index contributed by atoms with van der Waals surface area (Å²) in [6.45, 7) is 11.7. The highest BCUT2D eigenvalue weighted by Crippen LogP contribution is 2.35. The predicted octanol–water partition coefficient (Wildman–Crippen LogP) is 2.92. The van der Waals surface area contributed by atoms with Gasteiger partial charge in [0.1, 0.15) is 0 Å². The topological polar surface area (TPSA) is 12.5 Å². The lowest BCUT2D eigenvalue weighted by Crippen LogP contribution is -2.45. The summed E-state index contributed by atoms with van der Waals surface area (Å²) in [6.07, 6.45) is 5.28. The molecule has 2 nitrogen and oxygen atoms in total. The molecule has 16 heavy (non-hydrogen) atoms. The molecule has 0 atom stereocenters. The molecule has 2 aliphatic rings. The van der Waals surface area contributed by atoms with Crippen molar-refractivity contribution in [2.24, 2.45) is 11.3 Å². The van der Waals surface area contributed by atoms with Gasteiger partial charge >= 0.3 is 0 Å². The average Bonchev–Trinajstić information content (AvgIpc) is 2.29. The van der Waals surface area contributed by atoms with Crippen LogP contribution < -0.4 is 0 Å². The molecule has 0 aromatic heterocycles. The molecular formula is C14H27NO. The highest BCUT2D eigenvalue weighted by molar-refractivity contribution is 4.84. The Morgan fingerprint density at radius 3 is 2.00 bits per heavy atom. The standard InChI is InChI=1S/C14H27NO/c1-14(2,3)12-4-8-15(9-5-12)13-6-10-16-11-7-13/h12-13H,4-11H2,1-3H3. The van der Waals surface area contributed by atoms with Crippen molar-refractivity contribution in [3.63, 3.8) is 0 Å². The van der Waals surface area contributed by atoms with E-state index in [1.807, 2.05) is 0 Å². The quantitative estimate of drug-likeness (QED) is 0.680. The highest BCUT2D eigenvalue weighted by atomic mass is 16.5. The van der Waals surface area contributed by atoms with E-state index in [1.165, 1.54) is 38.8 Å². The molecule has 0 aliphatic carbocycles. The van der Waals surface area contributed by atoms with Crippen LogP contribution in [0.5, 0.6) is 0 Å². The van der Waals surface area contributed by atoms with Gasteiger partial charge in [0, 0.05) is 19.3 Å². The summed E-state index contributed by atoms with van der Waals surface area (Å²) in [7, 11) is 0. The molecule has 2 saturated heterocycles. The second kappa shape index (κ2) is 5.05. The molecule has 0 N–H and O–H groups in total. The van der Waals surface area contributed by atoms with Crippen LogP contribution >= 0.6 is 0 Å². The van der Waals surface area contributed by atoms with Crippen molar-refractivity contribution in [3.8, 4) is 0 Å². The molecule has 2 heterocycles. The largest absolute Gasteiger partial charge is 0.381 e. The number of likely N-dealkylation sites (tertiary alicyclic amines) is 1. The summed E-state index contributed by atoms with van der Waals surface area (Å²) in [5, 5.41) is 0. The predicted molar refractivity (Wildman–Crippen MR) is 67.6 cm³/mol. The van der Waals surface area contributed by atoms with E-state index in [0.717, 1.165) is 25.2 Å². The van der Waals surface area contributed by atoms with E-state index in [0.29, 0.717) is 5.41 Å². The van der Waals surface area contributed by atoms with Gasteiger partial charge in [-0.15, -0.1) is 0 Å². The van der Waals surface area contributed by atoms with E-state index in [1.54, 1.807) is 0 Å². The molecule has 0 spiro atoms. The summed E-state index contributed by atoms with van der Waals surface area (Å²) in [4.78, 5) is 2.71. The second-order valence-corrected chi connectivity index (χ2v) is 6.52. The van der Waals surface area contributed by atoms with Gasteiger partial charge in [0.15, 0.2) is 0 Å². The third-order valence-electron chi connectivity index (χ3n) is 4.46. The molecule has 0 unspecified atom stereocenters. The van der Waals surface area contributed by atoms with Crippen LogP contribution in [-0.2, 0) is 4.74 Å². The summed E-state index contributed by atoms with van der Waals surface area (Å²) in [6, 6.07) is 0.815. The van der Waals surface area contributed by atoms with Gasteiger partial charge in [0.05, 0.1) is 0 Å². The van der Waals surface area contributed by atoms with Gasteiger partial charge in [0.25, 0.3) is 0 Å². The highest BCUT2D eigenvalue weighted by Gasteiger charge is 2.31. The maximum Gasteiger partial charge on any atom is 0.0480 e. The van der Waals surface area contributed by atoms with Gasteiger partial charge in [-0.25, -0.2) is 0 Å². The van der Waals surface area contributed by atoms with Crippen LogP contribution in [0.25, 0.3) is 0 Å². The smallest absolute Gasteiger partial charge is 0.0480 e. The van der Waals surface area contributed by atoms with Crippen LogP contribution in [0.4, 0.5) is 0 Å². The number of piperidine rings is 1. The zero-order chi connectivity index (χ0) is 11.6. The number of rotatable bonds is 1. The summed E-state index contributed by atoms with van der Waals surface area (Å²) < 4.78 is 5.44. The zero-order valence-corrected chi connectivity index (χ0v) is 11.2. The van der Waals surface area contributed by atoms with E-state index in [4.69, 9.17) is 4.74 Å². The summed E-state index contributed by atoms with van der Waals surface area (Å²) in [5.41, 5.74) is 0.502. The molecule has 0 radical (unpaired) electrons. The van der Waals surface area contributed by atoms with Crippen molar-refractivity contribution in [2.75, 3.05) is 26.3 Å². The molecule has 2 fully saturated rings. The molecule has 0 bridgehead atoms. The lowest BCUT2D eigenvalue weighted by Gasteiger charge is -2.42. The Morgan fingerprint density at radius 2 is 1.50 bits per heavy atom. The van der Waals surface area contributed by atoms with Crippen molar-refractivity contribution >= 4 is 0 Å². The van der Waals surface area contributed by atoms with Crippen molar-refractivity contribution in [1.82, 2.24) is 4.90 Å². The van der Waals surface area contributed by atoms with E-state index >= 15 is 0 Å². The molecule has 94 valence electrons. The van der Waals surface area contributed by atoms with Crippen LogP contribution in [0.1, 0.15) is 46.5 Å². The van der Waals surface area contributed by atoms with Gasteiger partial charge in [-0.05, 0) is 50.1 Å². The van der Waals surface area contributed by atoms with E-state index < -0.39 is 0 Å². The van der Waals surface area contributed by atoms with E-state index in [2.05, 4.69) is 25.7 Å². The maximum atomic E-state index is 5.44. The Morgan fingerprint density at radius 1 is 0.938 bits per heavy atom. The lowest BCUT2D eigenvalue weighted by atomic mass is 9.75. The average molecular weight is 225 g/mol. The first kappa shape index (κ1) is 12.4. The minimum absolute atomic E-state index is 0.502. The van der Waals surface area contributed by atoms with Crippen LogP contribution in [-0.4, -0.2) is 37.2 Å². The minimum atomic E-state index is 0.502. The first-order valence-electron chi connectivity index (χ1n) is 6.89. The molecule has 0 saturated carbocycles. The van der Waals surface area contributed by atoms with Crippen LogP contribution in [0.3, 0.4) is 0 Å². The summed E-state index contributed by atoms with van der Waals surface area (Å²) >= 11 is 0. The van der Waals surface area contributed by atoms with Crippen molar-refractivity contribution in [2.45, 2.75) is 52.5 Å². The van der Waals surface area contributed by atoms with Gasteiger partial charge < -0.3 is 9.64 Å². The molecule has 0 aromatic carbocycles. The molecular weight excluding hydrogens is 198 g/mol. The number of ether oxygens (including phenoxy) is 1. The first-order valence-corrected chi connectivity index (χ1v) is 6.89.